The Morgan fingerprint density at radius 3 is 2.61 bits per heavy atom. The molecular weight excluding hydrogens is 356 g/mol. The van der Waals surface area contributed by atoms with Crippen molar-refractivity contribution in [1.29, 1.82) is 0 Å². The van der Waals surface area contributed by atoms with E-state index in [2.05, 4.69) is 15.4 Å². The Kier molecular flexibility index (Phi) is 5.06. The number of aromatic amines is 1. The third kappa shape index (κ3) is 3.74. The van der Waals surface area contributed by atoms with Gasteiger partial charge in [-0.3, -0.25) is 4.79 Å². The van der Waals surface area contributed by atoms with E-state index in [1.54, 1.807) is 23.0 Å². The Balaban J connectivity index is 1.47. The number of anilines is 1. The number of aromatic nitrogens is 3. The number of carbonyl (C=O) groups is 1. The minimum Gasteiger partial charge on any atom is -0.505 e. The highest BCUT2D eigenvalue weighted by molar-refractivity contribution is 6.08. The van der Waals surface area contributed by atoms with Crippen LogP contribution in [0.25, 0.3) is 5.69 Å². The maximum Gasteiger partial charge on any atom is 0.264 e. The molecule has 1 aromatic carbocycles. The molecule has 146 valence electrons. The van der Waals surface area contributed by atoms with Gasteiger partial charge in [0, 0.05) is 18.1 Å². The molecule has 7 heteroatoms. The van der Waals surface area contributed by atoms with E-state index in [0.29, 0.717) is 23.7 Å². The van der Waals surface area contributed by atoms with Gasteiger partial charge >= 0.3 is 0 Å². The molecule has 0 radical (unpaired) electrons. The van der Waals surface area contributed by atoms with Gasteiger partial charge < -0.3 is 20.5 Å². The van der Waals surface area contributed by atoms with Crippen LogP contribution in [0.3, 0.4) is 0 Å². The highest BCUT2D eigenvalue weighted by Gasteiger charge is 2.25. The number of nitrogens with one attached hydrogen (secondary N) is 2. The van der Waals surface area contributed by atoms with E-state index >= 15 is 0 Å². The average molecular weight is 380 g/mol. The SMILES string of the molecule is O=C(Nc1ccc(-n2cccn2)cc1)c1c(O)[nH]c(CC2CCCCC2)c1O. The van der Waals surface area contributed by atoms with Crippen LogP contribution in [0.1, 0.15) is 48.2 Å². The first-order valence-corrected chi connectivity index (χ1v) is 9.66. The lowest BCUT2D eigenvalue weighted by molar-refractivity contribution is 0.102. The predicted molar refractivity (Wildman–Crippen MR) is 106 cm³/mol. The standard InChI is InChI=1S/C21H24N4O3/c26-19-17(13-14-5-2-1-3-6-14)24-21(28)18(19)20(27)23-15-7-9-16(10-8-15)25-12-4-11-22-25/h4,7-12,14,24,26,28H,1-3,5-6,13H2,(H,23,27). The number of hydrogen-bond donors (Lipinski definition) is 4. The Hall–Kier alpha value is -3.22. The molecule has 1 fully saturated rings. The van der Waals surface area contributed by atoms with Crippen molar-refractivity contribution in [1.82, 2.24) is 14.8 Å². The average Bonchev–Trinajstić information content (AvgIpc) is 3.32. The van der Waals surface area contributed by atoms with Gasteiger partial charge in [-0.2, -0.15) is 5.10 Å². The molecule has 4 rings (SSSR count). The van der Waals surface area contributed by atoms with Crippen molar-refractivity contribution in [3.8, 4) is 17.3 Å². The number of H-pyrrole nitrogens is 1. The summed E-state index contributed by atoms with van der Waals surface area (Å²) in [4.78, 5) is 15.4. The number of hydrogen-bond acceptors (Lipinski definition) is 4. The largest absolute Gasteiger partial charge is 0.505 e. The summed E-state index contributed by atoms with van der Waals surface area (Å²) in [7, 11) is 0. The van der Waals surface area contributed by atoms with Gasteiger partial charge in [-0.25, -0.2) is 4.68 Å². The zero-order valence-electron chi connectivity index (χ0n) is 15.6. The molecule has 0 atom stereocenters. The molecule has 0 aliphatic heterocycles. The lowest BCUT2D eigenvalue weighted by Crippen LogP contribution is -2.12. The fourth-order valence-corrected chi connectivity index (χ4v) is 3.88. The van der Waals surface area contributed by atoms with Crippen LogP contribution in [0.5, 0.6) is 11.6 Å². The van der Waals surface area contributed by atoms with Gasteiger partial charge in [0.25, 0.3) is 5.91 Å². The lowest BCUT2D eigenvalue weighted by Gasteiger charge is -2.20. The van der Waals surface area contributed by atoms with E-state index in [1.807, 2.05) is 24.4 Å². The van der Waals surface area contributed by atoms with Crippen LogP contribution in [-0.2, 0) is 6.42 Å². The quantitative estimate of drug-likeness (QED) is 0.537. The summed E-state index contributed by atoms with van der Waals surface area (Å²) in [6, 6.07) is 8.98. The number of benzene rings is 1. The number of amides is 1. The highest BCUT2D eigenvalue weighted by Crippen LogP contribution is 2.35. The van der Waals surface area contributed by atoms with Gasteiger partial charge in [0.15, 0.2) is 5.75 Å². The lowest BCUT2D eigenvalue weighted by atomic mass is 9.86. The second-order valence-electron chi connectivity index (χ2n) is 7.34. The van der Waals surface area contributed by atoms with Crippen molar-refractivity contribution in [3.05, 3.63) is 54.0 Å². The van der Waals surface area contributed by atoms with Gasteiger partial charge in [-0.15, -0.1) is 0 Å². The Morgan fingerprint density at radius 2 is 1.93 bits per heavy atom. The Bertz CT molecular complexity index is 939. The van der Waals surface area contributed by atoms with Crippen LogP contribution < -0.4 is 5.32 Å². The molecule has 3 aromatic rings. The maximum absolute atomic E-state index is 12.6. The van der Waals surface area contributed by atoms with E-state index in [9.17, 15) is 15.0 Å². The molecule has 4 N–H and O–H groups in total. The van der Waals surface area contributed by atoms with Crippen molar-refractivity contribution in [2.75, 3.05) is 5.32 Å². The monoisotopic (exact) mass is 380 g/mol. The Labute approximate surface area is 163 Å². The third-order valence-corrected chi connectivity index (χ3v) is 5.37. The number of carbonyl (C=O) groups excluding carboxylic acids is 1. The molecule has 7 nitrogen and oxygen atoms in total. The van der Waals surface area contributed by atoms with Crippen LogP contribution in [-0.4, -0.2) is 30.9 Å². The van der Waals surface area contributed by atoms with Crippen molar-refractivity contribution in [2.45, 2.75) is 38.5 Å². The van der Waals surface area contributed by atoms with Crippen LogP contribution in [0.2, 0.25) is 0 Å². The molecule has 0 unspecified atom stereocenters. The summed E-state index contributed by atoms with van der Waals surface area (Å²) in [6.07, 6.45) is 10.0. The summed E-state index contributed by atoms with van der Waals surface area (Å²) >= 11 is 0. The van der Waals surface area contributed by atoms with Crippen LogP contribution >= 0.6 is 0 Å². The van der Waals surface area contributed by atoms with Gasteiger partial charge in [0.1, 0.15) is 5.56 Å². The maximum atomic E-state index is 12.6. The summed E-state index contributed by atoms with van der Waals surface area (Å²) < 4.78 is 1.72. The molecule has 1 saturated carbocycles. The van der Waals surface area contributed by atoms with Gasteiger partial charge in [0.2, 0.25) is 5.88 Å². The van der Waals surface area contributed by atoms with E-state index in [-0.39, 0.29) is 17.2 Å². The van der Waals surface area contributed by atoms with Crippen molar-refractivity contribution >= 4 is 11.6 Å². The molecule has 0 saturated heterocycles. The summed E-state index contributed by atoms with van der Waals surface area (Å²) in [5.74, 6) is -0.529. The minimum absolute atomic E-state index is 0.109. The van der Waals surface area contributed by atoms with Crippen molar-refractivity contribution < 1.29 is 15.0 Å². The van der Waals surface area contributed by atoms with Crippen LogP contribution in [0, 0.1) is 5.92 Å². The summed E-state index contributed by atoms with van der Waals surface area (Å²) in [5.41, 5.74) is 1.85. The molecule has 1 aliphatic rings. The second kappa shape index (κ2) is 7.80. The molecule has 28 heavy (non-hydrogen) atoms. The summed E-state index contributed by atoms with van der Waals surface area (Å²) in [5, 5.41) is 27.5. The zero-order chi connectivity index (χ0) is 19.5. The second-order valence-corrected chi connectivity index (χ2v) is 7.34. The number of rotatable bonds is 5. The first-order chi connectivity index (χ1) is 13.6. The first kappa shape index (κ1) is 18.2. The van der Waals surface area contributed by atoms with Crippen LogP contribution in [0.4, 0.5) is 5.69 Å². The molecule has 2 heterocycles. The smallest absolute Gasteiger partial charge is 0.264 e. The van der Waals surface area contributed by atoms with Crippen LogP contribution in [0.15, 0.2) is 42.7 Å². The summed E-state index contributed by atoms with van der Waals surface area (Å²) in [6.45, 7) is 0. The first-order valence-electron chi connectivity index (χ1n) is 9.66. The molecular formula is C21H24N4O3. The van der Waals surface area contributed by atoms with E-state index < -0.39 is 5.91 Å². The van der Waals surface area contributed by atoms with Crippen molar-refractivity contribution in [3.63, 3.8) is 0 Å². The van der Waals surface area contributed by atoms with E-state index in [0.717, 1.165) is 18.5 Å². The minimum atomic E-state index is -0.548. The fourth-order valence-electron chi connectivity index (χ4n) is 3.88. The zero-order valence-corrected chi connectivity index (χ0v) is 15.6. The van der Waals surface area contributed by atoms with Crippen molar-refractivity contribution in [2.24, 2.45) is 5.92 Å². The fraction of sp³-hybridized carbons (Fsp3) is 0.333. The predicted octanol–water partition coefficient (Wildman–Crippen LogP) is 3.99. The van der Waals surface area contributed by atoms with Gasteiger partial charge in [0.05, 0.1) is 11.4 Å². The van der Waals surface area contributed by atoms with Gasteiger partial charge in [-0.1, -0.05) is 32.1 Å². The number of nitrogens with zero attached hydrogens (tertiary/aromatic N) is 2. The molecule has 0 spiro atoms. The third-order valence-electron chi connectivity index (χ3n) is 5.37. The van der Waals surface area contributed by atoms with E-state index in [4.69, 9.17) is 0 Å². The topological polar surface area (TPSA) is 103 Å². The van der Waals surface area contributed by atoms with Gasteiger partial charge in [-0.05, 0) is 42.7 Å². The molecule has 2 aromatic heterocycles. The van der Waals surface area contributed by atoms with E-state index in [1.165, 1.54) is 19.3 Å². The molecule has 0 bridgehead atoms. The molecule has 1 amide bonds. The number of aromatic hydroxyl groups is 2. The molecule has 1 aliphatic carbocycles. The normalized spacial score (nSPS) is 14.9. The highest BCUT2D eigenvalue weighted by atomic mass is 16.3. The Morgan fingerprint density at radius 1 is 1.18 bits per heavy atom.